The summed E-state index contributed by atoms with van der Waals surface area (Å²) < 4.78 is -0.763. The number of benzene rings is 1. The van der Waals surface area contributed by atoms with E-state index in [4.69, 9.17) is 5.73 Å². The number of rotatable bonds is 3. The van der Waals surface area contributed by atoms with Crippen LogP contribution in [-0.2, 0) is 11.2 Å². The van der Waals surface area contributed by atoms with Gasteiger partial charge in [0.25, 0.3) is 0 Å². The average molecular weight is 195 g/mol. The summed E-state index contributed by atoms with van der Waals surface area (Å²) in [6.07, 6.45) is 0.562. The highest BCUT2D eigenvalue weighted by Crippen LogP contribution is 2.19. The summed E-state index contributed by atoms with van der Waals surface area (Å²) in [5, 5.41) is 0. The smallest absolute Gasteiger partial charge is 0.233 e. The van der Waals surface area contributed by atoms with E-state index in [1.54, 1.807) is 6.92 Å². The van der Waals surface area contributed by atoms with E-state index in [-0.39, 0.29) is 5.91 Å². The molecule has 1 aromatic carbocycles. The minimum atomic E-state index is -0.763. The zero-order valence-corrected chi connectivity index (χ0v) is 8.42. The molecule has 0 fully saturated rings. The minimum Gasteiger partial charge on any atom is -0.368 e. The van der Waals surface area contributed by atoms with Gasteiger partial charge in [-0.3, -0.25) is 4.79 Å². The number of hydrogen-bond acceptors (Lipinski definition) is 2. The van der Waals surface area contributed by atoms with Gasteiger partial charge < -0.3 is 5.73 Å². The molecule has 0 spiro atoms. The second-order valence-electron chi connectivity index (χ2n) is 3.30. The Labute approximate surface area is 83.5 Å². The molecule has 1 rings (SSSR count). The lowest BCUT2D eigenvalue weighted by atomic mass is 10.00. The van der Waals surface area contributed by atoms with Crippen molar-refractivity contribution in [2.24, 2.45) is 5.73 Å². The fourth-order valence-electron chi connectivity index (χ4n) is 1.08. The van der Waals surface area contributed by atoms with E-state index >= 15 is 0 Å². The third-order valence-electron chi connectivity index (χ3n) is 1.92. The molecule has 0 aliphatic carbocycles. The molecule has 0 aliphatic rings. The monoisotopic (exact) mass is 195 g/mol. The third kappa shape index (κ3) is 2.77. The van der Waals surface area contributed by atoms with Crippen molar-refractivity contribution >= 4 is 18.5 Å². The van der Waals surface area contributed by atoms with Crippen molar-refractivity contribution in [1.82, 2.24) is 0 Å². The van der Waals surface area contributed by atoms with Crippen LogP contribution in [0.25, 0.3) is 0 Å². The van der Waals surface area contributed by atoms with Gasteiger partial charge in [0.1, 0.15) is 0 Å². The zero-order valence-electron chi connectivity index (χ0n) is 7.53. The summed E-state index contributed by atoms with van der Waals surface area (Å²) in [6.45, 7) is 1.73. The number of carbonyl (C=O) groups is 1. The van der Waals surface area contributed by atoms with Crippen molar-refractivity contribution in [2.45, 2.75) is 18.1 Å². The molecule has 2 nitrogen and oxygen atoms in total. The predicted molar refractivity (Wildman–Crippen MR) is 56.7 cm³/mol. The van der Waals surface area contributed by atoms with Crippen LogP contribution in [0.2, 0.25) is 0 Å². The Bertz CT molecular complexity index is 295. The number of hydrogen-bond donors (Lipinski definition) is 2. The molecule has 1 unspecified atom stereocenters. The number of primary amides is 1. The van der Waals surface area contributed by atoms with E-state index in [0.29, 0.717) is 6.42 Å². The van der Waals surface area contributed by atoms with Crippen LogP contribution in [0, 0.1) is 0 Å². The predicted octanol–water partition coefficient (Wildman–Crippen LogP) is 1.40. The van der Waals surface area contributed by atoms with Crippen LogP contribution < -0.4 is 5.73 Å². The Balaban J connectivity index is 2.75. The molecule has 1 atom stereocenters. The highest BCUT2D eigenvalue weighted by Gasteiger charge is 2.26. The molecule has 0 aromatic heterocycles. The fraction of sp³-hybridized carbons (Fsp3) is 0.300. The summed E-state index contributed by atoms with van der Waals surface area (Å²) in [7, 11) is 0. The highest BCUT2D eigenvalue weighted by molar-refractivity contribution is 7.82. The van der Waals surface area contributed by atoms with Crippen LogP contribution >= 0.6 is 12.6 Å². The lowest BCUT2D eigenvalue weighted by molar-refractivity contribution is -0.119. The maximum absolute atomic E-state index is 11.0. The van der Waals surface area contributed by atoms with E-state index in [1.165, 1.54) is 0 Å². The molecule has 0 aliphatic heterocycles. The van der Waals surface area contributed by atoms with Gasteiger partial charge in [0.15, 0.2) is 0 Å². The second-order valence-corrected chi connectivity index (χ2v) is 4.29. The molecule has 0 saturated carbocycles. The van der Waals surface area contributed by atoms with E-state index < -0.39 is 4.75 Å². The number of nitrogens with two attached hydrogens (primary N) is 1. The van der Waals surface area contributed by atoms with Gasteiger partial charge in [-0.15, -0.1) is 0 Å². The maximum atomic E-state index is 11.0. The Morgan fingerprint density at radius 2 is 2.00 bits per heavy atom. The van der Waals surface area contributed by atoms with Crippen molar-refractivity contribution in [2.75, 3.05) is 0 Å². The second kappa shape index (κ2) is 3.83. The lowest BCUT2D eigenvalue weighted by Crippen LogP contribution is -2.37. The van der Waals surface area contributed by atoms with E-state index in [2.05, 4.69) is 12.6 Å². The topological polar surface area (TPSA) is 43.1 Å². The largest absolute Gasteiger partial charge is 0.368 e. The third-order valence-corrected chi connectivity index (χ3v) is 2.30. The van der Waals surface area contributed by atoms with Crippen molar-refractivity contribution in [1.29, 1.82) is 0 Å². The normalized spacial score (nSPS) is 14.9. The van der Waals surface area contributed by atoms with Gasteiger partial charge in [0.05, 0.1) is 4.75 Å². The molecule has 13 heavy (non-hydrogen) atoms. The highest BCUT2D eigenvalue weighted by atomic mass is 32.1. The number of amides is 1. The van der Waals surface area contributed by atoms with Crippen LogP contribution in [0.5, 0.6) is 0 Å². The fourth-order valence-corrected chi connectivity index (χ4v) is 1.26. The van der Waals surface area contributed by atoms with E-state index in [9.17, 15) is 4.79 Å². The maximum Gasteiger partial charge on any atom is 0.233 e. The molecule has 0 heterocycles. The van der Waals surface area contributed by atoms with Crippen LogP contribution in [-0.4, -0.2) is 10.7 Å². The van der Waals surface area contributed by atoms with Gasteiger partial charge in [0, 0.05) is 0 Å². The van der Waals surface area contributed by atoms with Gasteiger partial charge in [0.2, 0.25) is 5.91 Å². The summed E-state index contributed by atoms with van der Waals surface area (Å²) in [5.41, 5.74) is 6.27. The Morgan fingerprint density at radius 1 is 1.46 bits per heavy atom. The zero-order chi connectivity index (χ0) is 9.90. The molecule has 70 valence electrons. The quantitative estimate of drug-likeness (QED) is 0.703. The molecule has 1 amide bonds. The first kappa shape index (κ1) is 10.1. The number of carbonyl (C=O) groups excluding carboxylic acids is 1. The van der Waals surface area contributed by atoms with Gasteiger partial charge in [-0.05, 0) is 18.9 Å². The summed E-state index contributed by atoms with van der Waals surface area (Å²) in [6, 6.07) is 9.71. The molecular weight excluding hydrogens is 182 g/mol. The van der Waals surface area contributed by atoms with Crippen LogP contribution in [0.4, 0.5) is 0 Å². The molecule has 1 aromatic rings. The first-order valence-electron chi connectivity index (χ1n) is 4.08. The van der Waals surface area contributed by atoms with Crippen molar-refractivity contribution in [3.8, 4) is 0 Å². The standard InChI is InChI=1S/C10H13NOS/c1-10(13,9(11)12)7-8-5-3-2-4-6-8/h2-6,13H,7H2,1H3,(H2,11,12). The van der Waals surface area contributed by atoms with Crippen molar-refractivity contribution < 1.29 is 4.79 Å². The Hall–Kier alpha value is -0.960. The molecule has 0 bridgehead atoms. The molecular formula is C10H13NOS. The molecule has 3 heteroatoms. The van der Waals surface area contributed by atoms with Gasteiger partial charge in [-0.1, -0.05) is 30.3 Å². The van der Waals surface area contributed by atoms with Crippen LogP contribution in [0.3, 0.4) is 0 Å². The number of thiol groups is 1. The molecule has 0 saturated heterocycles. The van der Waals surface area contributed by atoms with E-state index in [0.717, 1.165) is 5.56 Å². The lowest BCUT2D eigenvalue weighted by Gasteiger charge is -2.18. The van der Waals surface area contributed by atoms with Gasteiger partial charge >= 0.3 is 0 Å². The SMILES string of the molecule is CC(S)(Cc1ccccc1)C(N)=O. The van der Waals surface area contributed by atoms with Crippen LogP contribution in [0.15, 0.2) is 30.3 Å². The van der Waals surface area contributed by atoms with Crippen molar-refractivity contribution in [3.63, 3.8) is 0 Å². The summed E-state index contributed by atoms with van der Waals surface area (Å²) in [5.74, 6) is -0.389. The van der Waals surface area contributed by atoms with E-state index in [1.807, 2.05) is 30.3 Å². The summed E-state index contributed by atoms with van der Waals surface area (Å²) in [4.78, 5) is 11.0. The van der Waals surface area contributed by atoms with Crippen LogP contribution in [0.1, 0.15) is 12.5 Å². The first-order valence-corrected chi connectivity index (χ1v) is 4.53. The van der Waals surface area contributed by atoms with Crippen molar-refractivity contribution in [3.05, 3.63) is 35.9 Å². The Morgan fingerprint density at radius 3 is 2.46 bits per heavy atom. The molecule has 0 radical (unpaired) electrons. The Kier molecular flexibility index (Phi) is 2.98. The average Bonchev–Trinajstić information content (AvgIpc) is 2.05. The van der Waals surface area contributed by atoms with Gasteiger partial charge in [-0.25, -0.2) is 0 Å². The first-order chi connectivity index (χ1) is 6.02. The minimum absolute atomic E-state index is 0.389. The molecule has 2 N–H and O–H groups in total. The summed E-state index contributed by atoms with van der Waals surface area (Å²) >= 11 is 4.22. The van der Waals surface area contributed by atoms with Gasteiger partial charge in [-0.2, -0.15) is 12.6 Å².